The molecule has 0 unspecified atom stereocenters. The van der Waals surface area contributed by atoms with Crippen LogP contribution in [-0.4, -0.2) is 43.0 Å². The van der Waals surface area contributed by atoms with E-state index in [4.69, 9.17) is 5.11 Å². The number of methoxy groups -OCH3 is 1. The fourth-order valence-corrected chi connectivity index (χ4v) is 1.36. The van der Waals surface area contributed by atoms with E-state index in [1.54, 1.807) is 0 Å². The van der Waals surface area contributed by atoms with Crippen molar-refractivity contribution >= 4 is 18.4 Å². The van der Waals surface area contributed by atoms with E-state index in [9.17, 15) is 9.18 Å². The number of nitrogens with one attached hydrogen (secondary N) is 1. The first-order chi connectivity index (χ1) is 5.57. The summed E-state index contributed by atoms with van der Waals surface area (Å²) < 4.78 is 18.1. The Labute approximate surface area is 81.9 Å². The number of carboxylic acids is 1. The van der Waals surface area contributed by atoms with E-state index in [0.717, 1.165) is 0 Å². The van der Waals surface area contributed by atoms with Gasteiger partial charge in [-0.2, -0.15) is 0 Å². The number of hydrogen-bond donors (Lipinski definition) is 2. The predicted molar refractivity (Wildman–Crippen MR) is 47.0 cm³/mol. The minimum absolute atomic E-state index is 0. The third kappa shape index (κ3) is 3.10. The van der Waals surface area contributed by atoms with Crippen LogP contribution in [0.1, 0.15) is 6.42 Å². The summed E-state index contributed by atoms with van der Waals surface area (Å²) in [5.41, 5.74) is -1.52. The lowest BCUT2D eigenvalue weighted by Crippen LogP contribution is -2.31. The van der Waals surface area contributed by atoms with Crippen LogP contribution in [0.3, 0.4) is 0 Å². The molecule has 1 saturated heterocycles. The van der Waals surface area contributed by atoms with Gasteiger partial charge in [-0.05, 0) is 0 Å². The highest BCUT2D eigenvalue weighted by atomic mass is 35.5. The number of alkyl halides is 1. The van der Waals surface area contributed by atoms with Crippen LogP contribution in [0.25, 0.3) is 0 Å². The monoisotopic (exact) mass is 213 g/mol. The maximum Gasteiger partial charge on any atom is 0.320 e. The van der Waals surface area contributed by atoms with E-state index in [1.165, 1.54) is 7.11 Å². The highest BCUT2D eigenvalue weighted by Crippen LogP contribution is 2.24. The van der Waals surface area contributed by atoms with Gasteiger partial charge >= 0.3 is 5.97 Å². The van der Waals surface area contributed by atoms with Gasteiger partial charge in [0, 0.05) is 20.1 Å². The van der Waals surface area contributed by atoms with E-state index in [2.05, 4.69) is 10.1 Å². The van der Waals surface area contributed by atoms with Gasteiger partial charge in [-0.15, -0.1) is 12.4 Å². The van der Waals surface area contributed by atoms with Gasteiger partial charge in [0.15, 0.2) is 0 Å². The maximum atomic E-state index is 13.5. The van der Waals surface area contributed by atoms with Crippen molar-refractivity contribution < 1.29 is 19.0 Å². The van der Waals surface area contributed by atoms with Crippen LogP contribution < -0.4 is 5.32 Å². The van der Waals surface area contributed by atoms with Gasteiger partial charge in [-0.1, -0.05) is 0 Å². The molecule has 78 valence electrons. The van der Waals surface area contributed by atoms with Crippen molar-refractivity contribution in [3.63, 3.8) is 0 Å². The quantitative estimate of drug-likeness (QED) is 0.704. The molecule has 13 heavy (non-hydrogen) atoms. The van der Waals surface area contributed by atoms with Crippen LogP contribution in [0.5, 0.6) is 0 Å². The van der Waals surface area contributed by atoms with Crippen molar-refractivity contribution in [1.29, 1.82) is 0 Å². The predicted octanol–water partition coefficient (Wildman–Crippen LogP) is 0.209. The van der Waals surface area contributed by atoms with E-state index < -0.39 is 17.7 Å². The van der Waals surface area contributed by atoms with Crippen molar-refractivity contribution in [1.82, 2.24) is 5.32 Å². The molecule has 0 saturated carbocycles. The molecule has 1 heterocycles. The van der Waals surface area contributed by atoms with Crippen LogP contribution in [-0.2, 0) is 9.53 Å². The fourth-order valence-electron chi connectivity index (χ4n) is 1.36. The van der Waals surface area contributed by atoms with Crippen LogP contribution in [0.4, 0.5) is 4.39 Å². The molecule has 1 aliphatic heterocycles. The molecule has 1 fully saturated rings. The number of hydrogen-bond acceptors (Lipinski definition) is 3. The smallest absolute Gasteiger partial charge is 0.320 e. The summed E-state index contributed by atoms with van der Waals surface area (Å²) in [5.74, 6) is -1.01. The van der Waals surface area contributed by atoms with Crippen molar-refractivity contribution in [2.45, 2.75) is 18.1 Å². The van der Waals surface area contributed by atoms with Crippen molar-refractivity contribution in [3.8, 4) is 0 Å². The third-order valence-corrected chi connectivity index (χ3v) is 1.94. The van der Waals surface area contributed by atoms with Gasteiger partial charge in [0.05, 0.1) is 6.61 Å². The number of halogens is 2. The first-order valence-corrected chi connectivity index (χ1v) is 3.71. The van der Waals surface area contributed by atoms with Gasteiger partial charge in [0.2, 0.25) is 0 Å². The normalized spacial score (nSPS) is 32.6. The van der Waals surface area contributed by atoms with E-state index in [-0.39, 0.29) is 32.0 Å². The lowest BCUT2D eigenvalue weighted by molar-refractivity contribution is -0.139. The molecule has 0 aliphatic carbocycles. The summed E-state index contributed by atoms with van der Waals surface area (Å²) in [6, 6.07) is -0.773. The molecule has 2 N–H and O–H groups in total. The standard InChI is InChI=1S/C7H12FNO3.ClH/c1-12-4-7(8)2-5(6(10)11)9-3-7;/h5,9H,2-4H2,1H3,(H,10,11);1H/t5-,7+;/m0./s1. The van der Waals surface area contributed by atoms with Gasteiger partial charge in [0.25, 0.3) is 0 Å². The first-order valence-electron chi connectivity index (χ1n) is 3.71. The minimum atomic E-state index is -1.52. The second-order valence-electron chi connectivity index (χ2n) is 3.06. The molecule has 1 rings (SSSR count). The highest BCUT2D eigenvalue weighted by Gasteiger charge is 2.42. The van der Waals surface area contributed by atoms with Gasteiger partial charge in [-0.3, -0.25) is 4.79 Å². The Hall–Kier alpha value is -0.390. The molecule has 6 heteroatoms. The average Bonchev–Trinajstić information content (AvgIpc) is 2.33. The number of carboxylic acid groups (broad SMARTS) is 1. The third-order valence-electron chi connectivity index (χ3n) is 1.94. The topological polar surface area (TPSA) is 58.6 Å². The lowest BCUT2D eigenvalue weighted by atomic mass is 10.0. The summed E-state index contributed by atoms with van der Waals surface area (Å²) in [7, 11) is 1.40. The summed E-state index contributed by atoms with van der Waals surface area (Å²) >= 11 is 0. The Morgan fingerprint density at radius 2 is 2.46 bits per heavy atom. The molecule has 0 amide bonds. The Kier molecular flexibility index (Phi) is 4.60. The summed E-state index contributed by atoms with van der Waals surface area (Å²) in [4.78, 5) is 10.4. The molecule has 2 atom stereocenters. The van der Waals surface area contributed by atoms with Crippen molar-refractivity contribution in [2.75, 3.05) is 20.3 Å². The Balaban J connectivity index is 0.00000144. The molecular formula is C7H13ClFNO3. The molecule has 1 aliphatic rings. The number of carbonyl (C=O) groups is 1. The molecule has 4 nitrogen and oxygen atoms in total. The number of rotatable bonds is 3. The molecular weight excluding hydrogens is 201 g/mol. The number of aliphatic carboxylic acids is 1. The van der Waals surface area contributed by atoms with Crippen LogP contribution in [0.15, 0.2) is 0 Å². The molecule has 0 bridgehead atoms. The fraction of sp³-hybridized carbons (Fsp3) is 0.857. The van der Waals surface area contributed by atoms with E-state index in [1.807, 2.05) is 0 Å². The molecule has 0 aromatic heterocycles. The zero-order valence-corrected chi connectivity index (χ0v) is 8.07. The van der Waals surface area contributed by atoms with Gasteiger partial charge in [-0.25, -0.2) is 4.39 Å². The zero-order chi connectivity index (χ0) is 9.19. The SMILES string of the molecule is COC[C@]1(F)CN[C@H](C(=O)O)C1.Cl. The molecule has 0 spiro atoms. The second kappa shape index (κ2) is 4.74. The highest BCUT2D eigenvalue weighted by molar-refractivity contribution is 5.85. The summed E-state index contributed by atoms with van der Waals surface area (Å²) in [5, 5.41) is 11.1. The zero-order valence-electron chi connectivity index (χ0n) is 7.25. The van der Waals surface area contributed by atoms with Gasteiger partial charge in [0.1, 0.15) is 11.7 Å². The molecule has 0 aromatic rings. The second-order valence-corrected chi connectivity index (χ2v) is 3.06. The Bertz CT molecular complexity index is 193. The Morgan fingerprint density at radius 3 is 2.85 bits per heavy atom. The summed E-state index contributed by atoms with van der Waals surface area (Å²) in [6.45, 7) is 0.00157. The Morgan fingerprint density at radius 1 is 1.85 bits per heavy atom. The van der Waals surface area contributed by atoms with Crippen LogP contribution in [0, 0.1) is 0 Å². The van der Waals surface area contributed by atoms with Crippen LogP contribution >= 0.6 is 12.4 Å². The molecule has 0 aromatic carbocycles. The maximum absolute atomic E-state index is 13.5. The summed E-state index contributed by atoms with van der Waals surface area (Å²) in [6.07, 6.45) is -0.0177. The largest absolute Gasteiger partial charge is 0.480 e. The van der Waals surface area contributed by atoms with Gasteiger partial charge < -0.3 is 15.2 Å². The minimum Gasteiger partial charge on any atom is -0.480 e. The average molecular weight is 214 g/mol. The van der Waals surface area contributed by atoms with Crippen molar-refractivity contribution in [3.05, 3.63) is 0 Å². The van der Waals surface area contributed by atoms with Crippen LogP contribution in [0.2, 0.25) is 0 Å². The molecule has 0 radical (unpaired) electrons. The van der Waals surface area contributed by atoms with Crippen molar-refractivity contribution in [2.24, 2.45) is 0 Å². The first kappa shape index (κ1) is 12.6. The lowest BCUT2D eigenvalue weighted by Gasteiger charge is -2.15. The van der Waals surface area contributed by atoms with E-state index >= 15 is 0 Å². The number of ether oxygens (including phenoxy) is 1. The van der Waals surface area contributed by atoms with E-state index in [0.29, 0.717) is 0 Å².